The number of amides is 2. The van der Waals surface area contributed by atoms with Crippen LogP contribution in [0.4, 0.5) is 0 Å². The highest BCUT2D eigenvalue weighted by Gasteiger charge is 2.55. The van der Waals surface area contributed by atoms with Gasteiger partial charge >= 0.3 is 0 Å². The van der Waals surface area contributed by atoms with Crippen molar-refractivity contribution in [1.29, 1.82) is 0 Å². The molecule has 0 aliphatic carbocycles. The van der Waals surface area contributed by atoms with Gasteiger partial charge in [0.15, 0.2) is 0 Å². The van der Waals surface area contributed by atoms with Gasteiger partial charge in [-0.25, -0.2) is 0 Å². The summed E-state index contributed by atoms with van der Waals surface area (Å²) in [6.07, 6.45) is 2.52. The van der Waals surface area contributed by atoms with Crippen molar-refractivity contribution in [2.45, 2.75) is 69.7 Å². The third-order valence-electron chi connectivity index (χ3n) is 9.26. The summed E-state index contributed by atoms with van der Waals surface area (Å²) < 4.78 is 31.1. The summed E-state index contributed by atoms with van der Waals surface area (Å²) in [4.78, 5) is 31.7. The molecule has 3 fully saturated rings. The zero-order valence-electron chi connectivity index (χ0n) is 25.5. The van der Waals surface area contributed by atoms with Gasteiger partial charge in [0.25, 0.3) is 0 Å². The SMILES string of the molecule is CCCCN1C(=O)[C@@H]([C@H](O)C2CCS(O)(O)CC2)NC(=O)C12CCN(Cc1ccc(Oc3ccc(OC)cc3)cc1)CC2.Cl. The van der Waals surface area contributed by atoms with Crippen LogP contribution < -0.4 is 14.8 Å². The number of nitrogens with zero attached hydrogens (tertiary/aromatic N) is 2. The van der Waals surface area contributed by atoms with Gasteiger partial charge in [-0.15, -0.1) is 12.4 Å². The van der Waals surface area contributed by atoms with E-state index in [1.165, 1.54) is 0 Å². The zero-order chi connectivity index (χ0) is 30.6. The predicted octanol–water partition coefficient (Wildman–Crippen LogP) is 4.89. The third kappa shape index (κ3) is 7.63. The molecule has 0 unspecified atom stereocenters. The van der Waals surface area contributed by atoms with Gasteiger partial charge in [0, 0.05) is 37.7 Å². The average Bonchev–Trinajstić information content (AvgIpc) is 3.01. The molecule has 0 saturated carbocycles. The normalized spacial score (nSPS) is 23.4. The van der Waals surface area contributed by atoms with E-state index < -0.39 is 28.3 Å². The summed E-state index contributed by atoms with van der Waals surface area (Å²) in [5, 5.41) is 14.1. The monoisotopic (exact) mass is 651 g/mol. The molecule has 2 aromatic rings. The maximum absolute atomic E-state index is 13.9. The Balaban J connectivity index is 0.00000442. The average molecular weight is 652 g/mol. The van der Waals surface area contributed by atoms with Crippen molar-refractivity contribution in [1.82, 2.24) is 15.1 Å². The van der Waals surface area contributed by atoms with Gasteiger partial charge in [-0.2, -0.15) is 10.6 Å². The molecule has 0 radical (unpaired) electrons. The first-order valence-corrected chi connectivity index (χ1v) is 17.2. The summed E-state index contributed by atoms with van der Waals surface area (Å²) in [7, 11) is -0.974. The first kappa shape index (κ1) is 34.3. The van der Waals surface area contributed by atoms with Crippen molar-refractivity contribution >= 4 is 34.8 Å². The van der Waals surface area contributed by atoms with Crippen LogP contribution in [0.1, 0.15) is 51.0 Å². The fourth-order valence-electron chi connectivity index (χ4n) is 6.53. The highest BCUT2D eigenvalue weighted by Crippen LogP contribution is 2.47. The molecule has 10 nitrogen and oxygen atoms in total. The first-order valence-electron chi connectivity index (χ1n) is 15.3. The van der Waals surface area contributed by atoms with Crippen LogP contribution in [-0.4, -0.2) is 91.8 Å². The highest BCUT2D eigenvalue weighted by molar-refractivity contribution is 8.24. The number of piperidine rings is 1. The minimum Gasteiger partial charge on any atom is -0.497 e. The molecule has 2 atom stereocenters. The number of unbranched alkanes of at least 4 members (excludes halogenated alkanes) is 1. The number of nitrogens with one attached hydrogen (secondary N) is 1. The molecule has 3 aliphatic rings. The lowest BCUT2D eigenvalue weighted by molar-refractivity contribution is -0.165. The van der Waals surface area contributed by atoms with E-state index in [0.29, 0.717) is 45.3 Å². The lowest BCUT2D eigenvalue weighted by Crippen LogP contribution is -2.75. The van der Waals surface area contributed by atoms with Gasteiger partial charge < -0.3 is 24.8 Å². The molecule has 3 aliphatic heterocycles. The van der Waals surface area contributed by atoms with Crippen molar-refractivity contribution < 1.29 is 33.3 Å². The number of halogens is 1. The van der Waals surface area contributed by atoms with Crippen LogP contribution >= 0.6 is 23.0 Å². The second-order valence-corrected chi connectivity index (χ2v) is 14.5. The number of carbonyl (C=O) groups excluding carboxylic acids is 2. The van der Waals surface area contributed by atoms with E-state index in [2.05, 4.69) is 17.1 Å². The highest BCUT2D eigenvalue weighted by atomic mass is 35.5. The standard InChI is InChI=1S/C32H45N3O7S.ClH/c1-3-4-17-35-30(37)28(29(36)24-13-20-43(39,40)21-14-24)33-31(38)32(35)15-18-34(19-16-32)22-23-5-7-26(8-6-23)42-27-11-9-25(41-2)10-12-27;/h5-12,24,28-29,36,39-40H,3-4,13-22H2,1-2H3,(H,33,38);1H/t28-,29-;/m1./s1. The van der Waals surface area contributed by atoms with Crippen molar-refractivity contribution in [2.24, 2.45) is 5.92 Å². The summed E-state index contributed by atoms with van der Waals surface area (Å²) in [5.41, 5.74) is 0.217. The van der Waals surface area contributed by atoms with Gasteiger partial charge in [0.05, 0.1) is 13.2 Å². The van der Waals surface area contributed by atoms with Crippen LogP contribution in [0.5, 0.6) is 17.2 Å². The van der Waals surface area contributed by atoms with E-state index in [-0.39, 0.29) is 41.6 Å². The first-order chi connectivity index (χ1) is 20.6. The summed E-state index contributed by atoms with van der Waals surface area (Å²) in [5.74, 6) is 2.03. The molecule has 12 heteroatoms. The minimum absolute atomic E-state index is 0. The molecule has 3 saturated heterocycles. The van der Waals surface area contributed by atoms with Crippen LogP contribution in [0.15, 0.2) is 48.5 Å². The molecule has 2 amide bonds. The van der Waals surface area contributed by atoms with Gasteiger partial charge in [-0.05, 0) is 80.0 Å². The number of hydrogen-bond acceptors (Lipinski definition) is 8. The zero-order valence-corrected chi connectivity index (χ0v) is 27.2. The summed E-state index contributed by atoms with van der Waals surface area (Å²) in [6, 6.07) is 14.4. The van der Waals surface area contributed by atoms with Crippen LogP contribution in [0, 0.1) is 5.92 Å². The molecular weight excluding hydrogens is 606 g/mol. The largest absolute Gasteiger partial charge is 0.497 e. The van der Waals surface area contributed by atoms with Crippen molar-refractivity contribution in [3.8, 4) is 17.2 Å². The van der Waals surface area contributed by atoms with Gasteiger partial charge in [-0.1, -0.05) is 25.5 Å². The Bertz CT molecular complexity index is 1250. The quantitative estimate of drug-likeness (QED) is 0.286. The maximum atomic E-state index is 13.9. The topological polar surface area (TPSA) is 132 Å². The van der Waals surface area contributed by atoms with Crippen LogP contribution in [0.3, 0.4) is 0 Å². The van der Waals surface area contributed by atoms with E-state index >= 15 is 0 Å². The smallest absolute Gasteiger partial charge is 0.248 e. The van der Waals surface area contributed by atoms with Crippen LogP contribution in [0.25, 0.3) is 0 Å². The fourth-order valence-corrected chi connectivity index (χ4v) is 8.09. The number of aliphatic hydroxyl groups is 1. The van der Waals surface area contributed by atoms with Crippen molar-refractivity contribution in [3.63, 3.8) is 0 Å². The summed E-state index contributed by atoms with van der Waals surface area (Å²) in [6.45, 7) is 4.60. The molecule has 0 aromatic heterocycles. The number of aliphatic hydroxyl groups excluding tert-OH is 1. The number of hydrogen-bond donors (Lipinski definition) is 4. The Morgan fingerprint density at radius 2 is 1.55 bits per heavy atom. The molecule has 244 valence electrons. The van der Waals surface area contributed by atoms with E-state index in [0.717, 1.165) is 42.2 Å². The van der Waals surface area contributed by atoms with Crippen molar-refractivity contribution in [2.75, 3.05) is 38.2 Å². The van der Waals surface area contributed by atoms with E-state index in [4.69, 9.17) is 9.47 Å². The molecular formula is C32H46ClN3O7S. The van der Waals surface area contributed by atoms with Crippen molar-refractivity contribution in [3.05, 3.63) is 54.1 Å². The number of ether oxygens (including phenoxy) is 2. The van der Waals surface area contributed by atoms with Crippen LogP contribution in [-0.2, 0) is 16.1 Å². The molecule has 44 heavy (non-hydrogen) atoms. The minimum atomic E-state index is -2.60. The van der Waals surface area contributed by atoms with Gasteiger partial charge in [0.2, 0.25) is 11.8 Å². The van der Waals surface area contributed by atoms with E-state index in [9.17, 15) is 23.8 Å². The number of carbonyl (C=O) groups is 2. The predicted molar refractivity (Wildman–Crippen MR) is 174 cm³/mol. The molecule has 1 spiro atoms. The summed E-state index contributed by atoms with van der Waals surface area (Å²) >= 11 is 0. The lowest BCUT2D eigenvalue weighted by Gasteiger charge is -2.53. The molecule has 3 heterocycles. The second kappa shape index (κ2) is 14.7. The number of likely N-dealkylation sites (tertiary alicyclic amines) is 1. The number of piperazine rings is 1. The Labute approximate surface area is 267 Å². The Hall–Kier alpha value is -2.54. The second-order valence-electron chi connectivity index (χ2n) is 12.1. The van der Waals surface area contributed by atoms with E-state index in [1.807, 2.05) is 48.5 Å². The van der Waals surface area contributed by atoms with Crippen LogP contribution in [0.2, 0.25) is 0 Å². The molecule has 5 rings (SSSR count). The number of benzene rings is 2. The van der Waals surface area contributed by atoms with Gasteiger partial charge in [0.1, 0.15) is 28.8 Å². The Morgan fingerprint density at radius 3 is 2.11 bits per heavy atom. The Morgan fingerprint density at radius 1 is 0.977 bits per heavy atom. The fraction of sp³-hybridized carbons (Fsp3) is 0.562. The van der Waals surface area contributed by atoms with Gasteiger partial charge in [-0.3, -0.25) is 23.6 Å². The maximum Gasteiger partial charge on any atom is 0.248 e. The molecule has 4 N–H and O–H groups in total. The van der Waals surface area contributed by atoms with E-state index in [1.54, 1.807) is 12.0 Å². The Kier molecular flexibility index (Phi) is 11.5. The molecule has 0 bridgehead atoms. The number of methoxy groups -OCH3 is 1. The lowest BCUT2D eigenvalue weighted by atomic mass is 9.79. The third-order valence-corrected chi connectivity index (χ3v) is 11.0. The number of rotatable bonds is 10. The molecule has 2 aromatic carbocycles.